The predicted molar refractivity (Wildman–Crippen MR) is 122 cm³/mol. The zero-order chi connectivity index (χ0) is 28.6. The lowest BCUT2D eigenvalue weighted by atomic mass is 9.70. The summed E-state index contributed by atoms with van der Waals surface area (Å²) in [4.78, 5) is 51.7. The van der Waals surface area contributed by atoms with Gasteiger partial charge in [-0.15, -0.1) is 0 Å². The van der Waals surface area contributed by atoms with Gasteiger partial charge < -0.3 is 20.9 Å². The molecule has 9 nitrogen and oxygen atoms in total. The number of piperidine rings is 3. The number of amides is 4. The van der Waals surface area contributed by atoms with Crippen molar-refractivity contribution in [3.8, 4) is 6.07 Å². The standard InChI is InChI=1S/C24H32F5N5O4/c1-22(2,3)17(33-21(38)24(27,28)29)20(37)34-14-6-7-15(23(25,26)10-14)16(34)19(36)32-13(11-30)9-12-5-4-8-31-18(12)35/h12-17H,4-10H2,1-3H3,(H,31,35)(H,32,36)(H,33,38)/t12-,13+,14+,15+,16+,17+/m1/s1. The molecule has 4 aliphatic rings. The Labute approximate surface area is 216 Å². The Hall–Kier alpha value is -2.98. The highest BCUT2D eigenvalue weighted by Gasteiger charge is 2.61. The molecule has 0 aromatic rings. The van der Waals surface area contributed by atoms with E-state index in [1.807, 2.05) is 6.07 Å². The summed E-state index contributed by atoms with van der Waals surface area (Å²) in [7, 11) is 0. The van der Waals surface area contributed by atoms with E-state index in [2.05, 4.69) is 10.6 Å². The minimum Gasteiger partial charge on any atom is -0.356 e. The molecule has 4 fully saturated rings. The van der Waals surface area contributed by atoms with Crippen molar-refractivity contribution in [1.82, 2.24) is 20.9 Å². The van der Waals surface area contributed by atoms with E-state index in [0.717, 1.165) is 4.90 Å². The molecule has 38 heavy (non-hydrogen) atoms. The Morgan fingerprint density at radius 1 is 1.16 bits per heavy atom. The van der Waals surface area contributed by atoms with Crippen LogP contribution in [0.1, 0.15) is 59.3 Å². The van der Waals surface area contributed by atoms with Crippen molar-refractivity contribution >= 4 is 23.6 Å². The normalized spacial score (nSPS) is 28.5. The van der Waals surface area contributed by atoms with E-state index in [4.69, 9.17) is 0 Å². The Morgan fingerprint density at radius 3 is 2.34 bits per heavy atom. The van der Waals surface area contributed by atoms with Crippen LogP contribution in [0.3, 0.4) is 0 Å². The lowest BCUT2D eigenvalue weighted by molar-refractivity contribution is -0.197. The highest BCUT2D eigenvalue weighted by Crippen LogP contribution is 2.49. The fourth-order valence-electron chi connectivity index (χ4n) is 5.58. The second-order valence-electron chi connectivity index (χ2n) is 11.3. The first-order chi connectivity index (χ1) is 17.5. The van der Waals surface area contributed by atoms with Crippen LogP contribution >= 0.6 is 0 Å². The molecule has 0 spiro atoms. The average molecular weight is 550 g/mol. The van der Waals surface area contributed by atoms with Gasteiger partial charge in [-0.3, -0.25) is 19.2 Å². The number of nitrogens with one attached hydrogen (secondary N) is 3. The molecule has 3 aliphatic heterocycles. The van der Waals surface area contributed by atoms with Gasteiger partial charge in [0.05, 0.1) is 12.0 Å². The van der Waals surface area contributed by atoms with Crippen molar-refractivity contribution in [3.05, 3.63) is 0 Å². The van der Waals surface area contributed by atoms with Gasteiger partial charge in [-0.05, 0) is 37.5 Å². The highest BCUT2D eigenvalue weighted by atomic mass is 19.4. The number of halogens is 5. The quantitative estimate of drug-likeness (QED) is 0.437. The second-order valence-corrected chi connectivity index (χ2v) is 11.3. The first-order valence-electron chi connectivity index (χ1n) is 12.5. The van der Waals surface area contributed by atoms with E-state index >= 15 is 0 Å². The van der Waals surface area contributed by atoms with Gasteiger partial charge >= 0.3 is 12.1 Å². The SMILES string of the molecule is CC(C)(C)[C@@H](NC(=O)C(F)(F)F)C(=O)N1[C@H]2CC[C@@H]([C@H]1C(=O)N[C@H](C#N)C[C@H]1CCCNC1=O)C(F)(F)C2. The first-order valence-corrected chi connectivity index (χ1v) is 12.5. The minimum atomic E-state index is -5.29. The van der Waals surface area contributed by atoms with Crippen molar-refractivity contribution in [2.45, 2.75) is 95.6 Å². The van der Waals surface area contributed by atoms with Crippen LogP contribution < -0.4 is 16.0 Å². The van der Waals surface area contributed by atoms with Crippen LogP contribution in [0.5, 0.6) is 0 Å². The number of carbonyl (C=O) groups excluding carboxylic acids is 4. The van der Waals surface area contributed by atoms with Crippen LogP contribution in [-0.4, -0.2) is 71.3 Å². The maximum absolute atomic E-state index is 14.9. The summed E-state index contributed by atoms with van der Waals surface area (Å²) in [5.74, 6) is -10.3. The zero-order valence-corrected chi connectivity index (χ0v) is 21.3. The van der Waals surface area contributed by atoms with Gasteiger partial charge in [-0.2, -0.15) is 18.4 Å². The Balaban J connectivity index is 1.90. The first kappa shape index (κ1) is 29.6. The van der Waals surface area contributed by atoms with Crippen LogP contribution in [0.15, 0.2) is 0 Å². The number of carbonyl (C=O) groups is 4. The third kappa shape index (κ3) is 6.18. The molecular weight excluding hydrogens is 517 g/mol. The summed E-state index contributed by atoms with van der Waals surface area (Å²) in [6, 6.07) is -4.06. The van der Waals surface area contributed by atoms with Crippen LogP contribution in [0.4, 0.5) is 22.0 Å². The number of hydrogen-bond acceptors (Lipinski definition) is 5. The lowest BCUT2D eigenvalue weighted by Crippen LogP contribution is -2.71. The third-order valence-corrected chi connectivity index (χ3v) is 7.50. The molecule has 3 heterocycles. The summed E-state index contributed by atoms with van der Waals surface area (Å²) in [5.41, 5.74) is -1.26. The molecule has 2 bridgehead atoms. The molecule has 14 heteroatoms. The van der Waals surface area contributed by atoms with E-state index in [1.165, 1.54) is 20.8 Å². The fourth-order valence-corrected chi connectivity index (χ4v) is 5.58. The van der Waals surface area contributed by atoms with Crippen molar-refractivity contribution in [2.24, 2.45) is 17.3 Å². The number of hydrogen-bond donors (Lipinski definition) is 3. The smallest absolute Gasteiger partial charge is 0.356 e. The Bertz CT molecular complexity index is 1010. The van der Waals surface area contributed by atoms with Crippen molar-refractivity contribution < 1.29 is 41.1 Å². The Kier molecular flexibility index (Phi) is 8.29. The van der Waals surface area contributed by atoms with E-state index in [0.29, 0.717) is 19.4 Å². The molecule has 0 aromatic heterocycles. The van der Waals surface area contributed by atoms with Crippen molar-refractivity contribution in [3.63, 3.8) is 0 Å². The van der Waals surface area contributed by atoms with Gasteiger partial charge in [0.2, 0.25) is 17.7 Å². The summed E-state index contributed by atoms with van der Waals surface area (Å²) in [5, 5.41) is 16.3. The van der Waals surface area contributed by atoms with E-state index in [1.54, 1.807) is 5.32 Å². The third-order valence-electron chi connectivity index (χ3n) is 7.50. The molecule has 4 amide bonds. The molecule has 212 valence electrons. The summed E-state index contributed by atoms with van der Waals surface area (Å²) < 4.78 is 68.9. The molecule has 0 aromatic carbocycles. The number of rotatable bonds is 6. The number of nitriles is 1. The maximum Gasteiger partial charge on any atom is 0.471 e. The largest absolute Gasteiger partial charge is 0.471 e. The topological polar surface area (TPSA) is 131 Å². The maximum atomic E-state index is 14.9. The van der Waals surface area contributed by atoms with Crippen molar-refractivity contribution in [2.75, 3.05) is 6.54 Å². The second kappa shape index (κ2) is 10.6. The molecule has 0 radical (unpaired) electrons. The molecule has 1 aliphatic carbocycles. The molecule has 0 unspecified atom stereocenters. The van der Waals surface area contributed by atoms with Crippen LogP contribution in [0.25, 0.3) is 0 Å². The van der Waals surface area contributed by atoms with Crippen molar-refractivity contribution in [1.29, 1.82) is 5.26 Å². The monoisotopic (exact) mass is 549 g/mol. The highest BCUT2D eigenvalue weighted by molar-refractivity contribution is 5.94. The summed E-state index contributed by atoms with van der Waals surface area (Å²) >= 11 is 0. The molecule has 1 saturated carbocycles. The zero-order valence-electron chi connectivity index (χ0n) is 21.3. The summed E-state index contributed by atoms with van der Waals surface area (Å²) in [6.07, 6.45) is -5.00. The predicted octanol–water partition coefficient (Wildman–Crippen LogP) is 2.02. The summed E-state index contributed by atoms with van der Waals surface area (Å²) in [6.45, 7) is 4.69. The molecule has 6 atom stereocenters. The van der Waals surface area contributed by atoms with Crippen LogP contribution in [0.2, 0.25) is 0 Å². The van der Waals surface area contributed by atoms with Gasteiger partial charge in [0, 0.05) is 24.9 Å². The number of nitrogens with zero attached hydrogens (tertiary/aromatic N) is 2. The van der Waals surface area contributed by atoms with Gasteiger partial charge in [-0.1, -0.05) is 20.8 Å². The van der Waals surface area contributed by atoms with Crippen LogP contribution in [-0.2, 0) is 19.2 Å². The van der Waals surface area contributed by atoms with Gasteiger partial charge in [0.1, 0.15) is 18.1 Å². The molecule has 4 rings (SSSR count). The number of alkyl halides is 5. The van der Waals surface area contributed by atoms with Gasteiger partial charge in [0.15, 0.2) is 0 Å². The van der Waals surface area contributed by atoms with E-state index < -0.39 is 77.7 Å². The van der Waals surface area contributed by atoms with Gasteiger partial charge in [0.25, 0.3) is 5.92 Å². The van der Waals surface area contributed by atoms with E-state index in [-0.39, 0.29) is 25.2 Å². The van der Waals surface area contributed by atoms with Crippen LogP contribution in [0, 0.1) is 28.6 Å². The van der Waals surface area contributed by atoms with Gasteiger partial charge in [-0.25, -0.2) is 8.78 Å². The molecular formula is C24H32F5N5O4. The Morgan fingerprint density at radius 2 is 1.82 bits per heavy atom. The molecule has 3 N–H and O–H groups in total. The van der Waals surface area contributed by atoms with E-state index in [9.17, 15) is 46.4 Å². The minimum absolute atomic E-state index is 0.0640. The average Bonchev–Trinajstić information content (AvgIpc) is 2.80. The molecule has 3 saturated heterocycles. The fraction of sp³-hybridized carbons (Fsp3) is 0.792. The lowest BCUT2D eigenvalue weighted by Gasteiger charge is -2.55. The number of fused-ring (bicyclic) bond motifs is 3.